The Kier molecular flexibility index (Phi) is 4.00. The van der Waals surface area contributed by atoms with E-state index >= 15 is 0 Å². The summed E-state index contributed by atoms with van der Waals surface area (Å²) in [6, 6.07) is -0.0590. The van der Waals surface area contributed by atoms with Crippen LogP contribution in [0.1, 0.15) is 16.7 Å². The summed E-state index contributed by atoms with van der Waals surface area (Å²) in [7, 11) is 1.85. The third-order valence-electron chi connectivity index (χ3n) is 3.86. The smallest absolute Gasteiger partial charge is 0.261 e. The Bertz CT molecular complexity index is 827. The van der Waals surface area contributed by atoms with Crippen LogP contribution in [0, 0.1) is 0 Å². The van der Waals surface area contributed by atoms with Gasteiger partial charge >= 0.3 is 0 Å². The van der Waals surface area contributed by atoms with Gasteiger partial charge in [-0.2, -0.15) is 10.1 Å². The van der Waals surface area contributed by atoms with E-state index in [-0.39, 0.29) is 6.04 Å². The standard InChI is InChI=1S/C14H17N7O2S/c1-20-6-9(4-17-20)13-18-12(19-23-13)11-8-22-3-2-21(11)7-10-5-16-14(15)24-10/h4-6,11H,2-3,7-8H2,1H3,(H2,15,16). The molecule has 1 unspecified atom stereocenters. The number of nitrogen functional groups attached to an aromatic ring is 1. The molecule has 1 atom stereocenters. The number of nitrogens with zero attached hydrogens (tertiary/aromatic N) is 6. The topological polar surface area (TPSA) is 108 Å². The summed E-state index contributed by atoms with van der Waals surface area (Å²) >= 11 is 1.49. The Labute approximate surface area is 142 Å². The Morgan fingerprint density at radius 1 is 1.42 bits per heavy atom. The Morgan fingerprint density at radius 2 is 2.33 bits per heavy atom. The molecule has 24 heavy (non-hydrogen) atoms. The predicted molar refractivity (Wildman–Crippen MR) is 87.0 cm³/mol. The number of nitrogens with two attached hydrogens (primary N) is 1. The van der Waals surface area contributed by atoms with Crippen LogP contribution >= 0.6 is 11.3 Å². The largest absolute Gasteiger partial charge is 0.378 e. The van der Waals surface area contributed by atoms with Gasteiger partial charge in [-0.15, -0.1) is 11.3 Å². The van der Waals surface area contributed by atoms with Crippen LogP contribution in [-0.4, -0.2) is 49.6 Å². The predicted octanol–water partition coefficient (Wildman–Crippen LogP) is 1.08. The molecular formula is C14H17N7O2S. The SMILES string of the molecule is Cn1cc(-c2nc(C3COCCN3Cc3cnc(N)s3)no2)cn1. The maximum atomic E-state index is 5.72. The van der Waals surface area contributed by atoms with Crippen LogP contribution in [0.3, 0.4) is 0 Å². The average Bonchev–Trinajstić information content (AvgIpc) is 3.29. The molecule has 0 saturated carbocycles. The minimum atomic E-state index is -0.0590. The molecule has 0 radical (unpaired) electrons. The maximum Gasteiger partial charge on any atom is 0.261 e. The van der Waals surface area contributed by atoms with E-state index < -0.39 is 0 Å². The van der Waals surface area contributed by atoms with Crippen molar-refractivity contribution in [1.29, 1.82) is 0 Å². The van der Waals surface area contributed by atoms with Crippen LogP contribution < -0.4 is 5.73 Å². The van der Waals surface area contributed by atoms with Crippen LogP contribution in [0.5, 0.6) is 0 Å². The second kappa shape index (κ2) is 6.30. The third kappa shape index (κ3) is 3.03. The molecule has 126 valence electrons. The van der Waals surface area contributed by atoms with Gasteiger partial charge in [0.2, 0.25) is 0 Å². The maximum absolute atomic E-state index is 5.72. The molecule has 0 spiro atoms. The van der Waals surface area contributed by atoms with E-state index in [1.165, 1.54) is 11.3 Å². The van der Waals surface area contributed by atoms with E-state index in [2.05, 4.69) is 25.1 Å². The summed E-state index contributed by atoms with van der Waals surface area (Å²) < 4.78 is 12.7. The Balaban J connectivity index is 1.55. The summed E-state index contributed by atoms with van der Waals surface area (Å²) in [6.07, 6.45) is 5.35. The number of aryl methyl sites for hydroxylation is 1. The first-order valence-electron chi connectivity index (χ1n) is 7.53. The van der Waals surface area contributed by atoms with Crippen molar-refractivity contribution < 1.29 is 9.26 Å². The number of hydrogen-bond acceptors (Lipinski definition) is 9. The van der Waals surface area contributed by atoms with Crippen molar-refractivity contribution >= 4 is 16.5 Å². The van der Waals surface area contributed by atoms with Gasteiger partial charge in [0, 0.05) is 37.4 Å². The molecule has 0 aromatic carbocycles. The molecule has 0 amide bonds. The van der Waals surface area contributed by atoms with Crippen molar-refractivity contribution in [1.82, 2.24) is 29.8 Å². The first-order valence-corrected chi connectivity index (χ1v) is 8.35. The van der Waals surface area contributed by atoms with Crippen LogP contribution in [0.25, 0.3) is 11.5 Å². The monoisotopic (exact) mass is 347 g/mol. The van der Waals surface area contributed by atoms with E-state index in [9.17, 15) is 0 Å². The van der Waals surface area contributed by atoms with E-state index in [0.717, 1.165) is 23.5 Å². The quantitative estimate of drug-likeness (QED) is 0.747. The number of aromatic nitrogens is 5. The van der Waals surface area contributed by atoms with Crippen molar-refractivity contribution in [2.45, 2.75) is 12.6 Å². The van der Waals surface area contributed by atoms with Crippen LogP contribution in [-0.2, 0) is 18.3 Å². The number of morpholine rings is 1. The van der Waals surface area contributed by atoms with Gasteiger partial charge in [-0.05, 0) is 0 Å². The third-order valence-corrected chi connectivity index (χ3v) is 4.67. The lowest BCUT2D eigenvalue weighted by atomic mass is 10.2. The highest BCUT2D eigenvalue weighted by Crippen LogP contribution is 2.27. The molecule has 3 aromatic rings. The van der Waals surface area contributed by atoms with Crippen molar-refractivity contribution in [3.63, 3.8) is 0 Å². The fourth-order valence-electron chi connectivity index (χ4n) is 2.68. The van der Waals surface area contributed by atoms with Gasteiger partial charge < -0.3 is 15.0 Å². The molecule has 1 fully saturated rings. The minimum Gasteiger partial charge on any atom is -0.378 e. The summed E-state index contributed by atoms with van der Waals surface area (Å²) in [6.45, 7) is 2.73. The summed E-state index contributed by atoms with van der Waals surface area (Å²) in [5.74, 6) is 1.08. The zero-order chi connectivity index (χ0) is 16.5. The van der Waals surface area contributed by atoms with Crippen LogP contribution in [0.4, 0.5) is 5.13 Å². The average molecular weight is 347 g/mol. The highest BCUT2D eigenvalue weighted by Gasteiger charge is 2.29. The molecule has 9 nitrogen and oxygen atoms in total. The minimum absolute atomic E-state index is 0.0590. The normalized spacial score (nSPS) is 19.0. The van der Waals surface area contributed by atoms with Crippen molar-refractivity contribution in [2.24, 2.45) is 7.05 Å². The zero-order valence-corrected chi connectivity index (χ0v) is 13.9. The van der Waals surface area contributed by atoms with Crippen molar-refractivity contribution in [3.8, 4) is 11.5 Å². The molecule has 3 aromatic heterocycles. The lowest BCUT2D eigenvalue weighted by molar-refractivity contribution is -0.0162. The van der Waals surface area contributed by atoms with Gasteiger partial charge in [0.15, 0.2) is 11.0 Å². The lowest BCUT2D eigenvalue weighted by Gasteiger charge is -2.33. The fraction of sp³-hybridized carbons (Fsp3) is 0.429. The molecule has 4 rings (SSSR count). The van der Waals surface area contributed by atoms with Gasteiger partial charge in [-0.25, -0.2) is 4.98 Å². The fourth-order valence-corrected chi connectivity index (χ4v) is 3.39. The number of anilines is 1. The van der Waals surface area contributed by atoms with E-state index in [1.54, 1.807) is 10.9 Å². The molecule has 1 aliphatic rings. The van der Waals surface area contributed by atoms with Gasteiger partial charge in [0.25, 0.3) is 5.89 Å². The van der Waals surface area contributed by atoms with Gasteiger partial charge in [0.05, 0.1) is 31.0 Å². The van der Waals surface area contributed by atoms with Gasteiger partial charge in [-0.1, -0.05) is 5.16 Å². The molecule has 4 heterocycles. The summed E-state index contributed by atoms with van der Waals surface area (Å²) in [4.78, 5) is 12.0. The Hall–Kier alpha value is -2.30. The highest BCUT2D eigenvalue weighted by atomic mass is 32.1. The first-order chi connectivity index (χ1) is 11.7. The molecule has 1 saturated heterocycles. The molecule has 2 N–H and O–H groups in total. The van der Waals surface area contributed by atoms with E-state index in [0.29, 0.717) is 30.1 Å². The lowest BCUT2D eigenvalue weighted by Crippen LogP contribution is -2.39. The van der Waals surface area contributed by atoms with Crippen molar-refractivity contribution in [3.05, 3.63) is 29.3 Å². The molecule has 1 aliphatic heterocycles. The Morgan fingerprint density at radius 3 is 3.08 bits per heavy atom. The molecule has 0 bridgehead atoms. The summed E-state index contributed by atoms with van der Waals surface area (Å²) in [5, 5.41) is 8.84. The molecule has 0 aliphatic carbocycles. The first kappa shape index (κ1) is 15.2. The number of rotatable bonds is 4. The van der Waals surface area contributed by atoms with E-state index in [4.69, 9.17) is 15.0 Å². The number of hydrogen-bond donors (Lipinski definition) is 1. The molecular weight excluding hydrogens is 330 g/mol. The zero-order valence-electron chi connectivity index (χ0n) is 13.1. The highest BCUT2D eigenvalue weighted by molar-refractivity contribution is 7.15. The van der Waals surface area contributed by atoms with Crippen LogP contribution in [0.2, 0.25) is 0 Å². The molecule has 10 heteroatoms. The van der Waals surface area contributed by atoms with Gasteiger partial charge in [0.1, 0.15) is 0 Å². The number of thiazole rings is 1. The van der Waals surface area contributed by atoms with Gasteiger partial charge in [-0.3, -0.25) is 9.58 Å². The summed E-state index contributed by atoms with van der Waals surface area (Å²) in [5.41, 5.74) is 6.52. The van der Waals surface area contributed by atoms with Crippen LogP contribution in [0.15, 0.2) is 23.1 Å². The second-order valence-corrected chi connectivity index (χ2v) is 6.73. The van der Waals surface area contributed by atoms with E-state index in [1.807, 2.05) is 19.4 Å². The number of ether oxygens (including phenoxy) is 1. The van der Waals surface area contributed by atoms with Crippen molar-refractivity contribution in [2.75, 3.05) is 25.5 Å². The second-order valence-electron chi connectivity index (χ2n) is 5.59.